The monoisotopic (exact) mass is 293 g/mol. The highest BCUT2D eigenvalue weighted by Crippen LogP contribution is 2.10. The van der Waals surface area contributed by atoms with E-state index in [0.29, 0.717) is 17.9 Å². The van der Waals surface area contributed by atoms with Gasteiger partial charge in [0, 0.05) is 12.8 Å². The van der Waals surface area contributed by atoms with Crippen LogP contribution in [-0.4, -0.2) is 27.1 Å². The average molecular weight is 293 g/mol. The SMILES string of the molecule is CS(=O)(=O)c1ccc(CCNC(=O)c2ccco2)cc1. The Morgan fingerprint density at radius 3 is 2.45 bits per heavy atom. The van der Waals surface area contributed by atoms with Gasteiger partial charge in [-0.3, -0.25) is 4.79 Å². The van der Waals surface area contributed by atoms with Gasteiger partial charge in [0.25, 0.3) is 5.91 Å². The first-order valence-electron chi connectivity index (χ1n) is 6.07. The molecule has 0 aliphatic carbocycles. The summed E-state index contributed by atoms with van der Waals surface area (Å²) in [4.78, 5) is 11.9. The molecule has 5 nitrogen and oxygen atoms in total. The molecule has 1 aromatic heterocycles. The van der Waals surface area contributed by atoms with E-state index in [1.54, 1.807) is 36.4 Å². The summed E-state index contributed by atoms with van der Waals surface area (Å²) in [6, 6.07) is 9.87. The van der Waals surface area contributed by atoms with E-state index in [1.165, 1.54) is 12.5 Å². The van der Waals surface area contributed by atoms with Gasteiger partial charge in [-0.25, -0.2) is 8.42 Å². The quantitative estimate of drug-likeness (QED) is 0.909. The van der Waals surface area contributed by atoms with Crippen LogP contribution in [0.25, 0.3) is 0 Å². The second-order valence-corrected chi connectivity index (χ2v) is 6.42. The number of benzene rings is 1. The summed E-state index contributed by atoms with van der Waals surface area (Å²) in [5.41, 5.74) is 0.956. The third-order valence-electron chi connectivity index (χ3n) is 2.80. The van der Waals surface area contributed by atoms with Gasteiger partial charge >= 0.3 is 0 Å². The third-order valence-corrected chi connectivity index (χ3v) is 3.92. The highest BCUT2D eigenvalue weighted by Gasteiger charge is 2.08. The molecule has 0 bridgehead atoms. The third kappa shape index (κ3) is 3.71. The van der Waals surface area contributed by atoms with Crippen LogP contribution in [0.4, 0.5) is 0 Å². The van der Waals surface area contributed by atoms with Crippen molar-refractivity contribution < 1.29 is 17.6 Å². The second-order valence-electron chi connectivity index (χ2n) is 4.40. The Morgan fingerprint density at radius 1 is 1.20 bits per heavy atom. The molecule has 0 spiro atoms. The van der Waals surface area contributed by atoms with Gasteiger partial charge in [0.1, 0.15) is 0 Å². The summed E-state index contributed by atoms with van der Waals surface area (Å²) in [6.45, 7) is 0.456. The standard InChI is InChI=1S/C14H15NO4S/c1-20(17,18)12-6-4-11(5-7-12)8-9-15-14(16)13-3-2-10-19-13/h2-7,10H,8-9H2,1H3,(H,15,16). The van der Waals surface area contributed by atoms with E-state index in [0.717, 1.165) is 5.56 Å². The molecular weight excluding hydrogens is 278 g/mol. The lowest BCUT2D eigenvalue weighted by molar-refractivity contribution is 0.0926. The average Bonchev–Trinajstić information content (AvgIpc) is 2.92. The van der Waals surface area contributed by atoms with E-state index in [9.17, 15) is 13.2 Å². The lowest BCUT2D eigenvalue weighted by atomic mass is 10.1. The van der Waals surface area contributed by atoms with Crippen LogP contribution in [-0.2, 0) is 16.3 Å². The topological polar surface area (TPSA) is 76.4 Å². The minimum atomic E-state index is -3.17. The maximum atomic E-state index is 11.6. The predicted molar refractivity (Wildman–Crippen MR) is 74.3 cm³/mol. The number of rotatable bonds is 5. The Bertz CT molecular complexity index is 672. The number of carbonyl (C=O) groups excluding carboxylic acids is 1. The molecule has 20 heavy (non-hydrogen) atoms. The number of hydrogen-bond acceptors (Lipinski definition) is 4. The maximum Gasteiger partial charge on any atom is 0.286 e. The van der Waals surface area contributed by atoms with E-state index in [2.05, 4.69) is 5.32 Å². The number of nitrogens with one attached hydrogen (secondary N) is 1. The van der Waals surface area contributed by atoms with Crippen LogP contribution in [0, 0.1) is 0 Å². The Kier molecular flexibility index (Phi) is 4.24. The molecule has 6 heteroatoms. The fraction of sp³-hybridized carbons (Fsp3) is 0.214. The molecule has 0 atom stereocenters. The zero-order valence-corrected chi connectivity index (χ0v) is 11.8. The number of hydrogen-bond donors (Lipinski definition) is 1. The molecule has 1 amide bonds. The summed E-state index contributed by atoms with van der Waals surface area (Å²) in [5.74, 6) is 0.0141. The van der Waals surface area contributed by atoms with Crippen LogP contribution in [0.3, 0.4) is 0 Å². The molecule has 2 aromatic rings. The first-order chi connectivity index (χ1) is 9.47. The van der Waals surface area contributed by atoms with Crippen LogP contribution < -0.4 is 5.32 Å². The van der Waals surface area contributed by atoms with Crippen molar-refractivity contribution >= 4 is 15.7 Å². The van der Waals surface area contributed by atoms with Gasteiger partial charge in [0.2, 0.25) is 0 Å². The second kappa shape index (κ2) is 5.92. The number of sulfone groups is 1. The van der Waals surface area contributed by atoms with Gasteiger partial charge in [-0.2, -0.15) is 0 Å². The summed E-state index contributed by atoms with van der Waals surface area (Å²) in [7, 11) is -3.17. The maximum absolute atomic E-state index is 11.6. The van der Waals surface area contributed by atoms with Crippen LogP contribution in [0.15, 0.2) is 52.0 Å². The molecule has 0 fully saturated rings. The highest BCUT2D eigenvalue weighted by atomic mass is 32.2. The highest BCUT2D eigenvalue weighted by molar-refractivity contribution is 7.90. The minimum absolute atomic E-state index is 0.261. The molecule has 0 aliphatic heterocycles. The van der Waals surface area contributed by atoms with Gasteiger partial charge < -0.3 is 9.73 Å². The Balaban J connectivity index is 1.87. The van der Waals surface area contributed by atoms with Crippen molar-refractivity contribution in [3.63, 3.8) is 0 Å². The molecule has 0 saturated carbocycles. The van der Waals surface area contributed by atoms with Gasteiger partial charge in [0.05, 0.1) is 11.2 Å². The van der Waals surface area contributed by atoms with Crippen molar-refractivity contribution in [1.29, 1.82) is 0 Å². The van der Waals surface area contributed by atoms with E-state index >= 15 is 0 Å². The molecule has 2 rings (SSSR count). The molecule has 0 unspecified atom stereocenters. The Morgan fingerprint density at radius 2 is 1.90 bits per heavy atom. The van der Waals surface area contributed by atoms with Gasteiger partial charge in [-0.1, -0.05) is 12.1 Å². The van der Waals surface area contributed by atoms with Crippen molar-refractivity contribution in [1.82, 2.24) is 5.32 Å². The van der Waals surface area contributed by atoms with E-state index < -0.39 is 9.84 Å². The summed E-state index contributed by atoms with van der Waals surface area (Å²) >= 11 is 0. The fourth-order valence-electron chi connectivity index (χ4n) is 1.72. The molecule has 1 aromatic carbocycles. The Hall–Kier alpha value is -2.08. The van der Waals surface area contributed by atoms with Gasteiger partial charge in [0.15, 0.2) is 15.6 Å². The first-order valence-corrected chi connectivity index (χ1v) is 7.96. The number of furan rings is 1. The molecule has 0 saturated heterocycles. The molecule has 1 N–H and O–H groups in total. The summed E-state index contributed by atoms with van der Waals surface area (Å²) in [5, 5.41) is 2.73. The van der Waals surface area contributed by atoms with Crippen molar-refractivity contribution in [3.05, 3.63) is 54.0 Å². The van der Waals surface area contributed by atoms with Crippen LogP contribution in [0.2, 0.25) is 0 Å². The zero-order valence-electron chi connectivity index (χ0n) is 11.0. The smallest absolute Gasteiger partial charge is 0.286 e. The van der Waals surface area contributed by atoms with E-state index in [-0.39, 0.29) is 11.7 Å². The number of carbonyl (C=O) groups is 1. The molecule has 106 valence electrons. The van der Waals surface area contributed by atoms with Crippen LogP contribution in [0.5, 0.6) is 0 Å². The number of amides is 1. The van der Waals surface area contributed by atoms with Crippen LogP contribution >= 0.6 is 0 Å². The molecule has 0 aliphatic rings. The van der Waals surface area contributed by atoms with Crippen molar-refractivity contribution in [3.8, 4) is 0 Å². The Labute approximate surface area is 117 Å². The van der Waals surface area contributed by atoms with Gasteiger partial charge in [-0.15, -0.1) is 0 Å². The van der Waals surface area contributed by atoms with Crippen LogP contribution in [0.1, 0.15) is 16.1 Å². The van der Waals surface area contributed by atoms with Crippen molar-refractivity contribution in [2.45, 2.75) is 11.3 Å². The minimum Gasteiger partial charge on any atom is -0.459 e. The molecule has 1 heterocycles. The van der Waals surface area contributed by atoms with Crippen molar-refractivity contribution in [2.24, 2.45) is 0 Å². The van der Waals surface area contributed by atoms with Gasteiger partial charge in [-0.05, 0) is 36.2 Å². The van der Waals surface area contributed by atoms with Crippen molar-refractivity contribution in [2.75, 3.05) is 12.8 Å². The predicted octanol–water partition coefficient (Wildman–Crippen LogP) is 1.66. The summed E-state index contributed by atoms with van der Waals surface area (Å²) in [6.07, 6.45) is 3.24. The largest absolute Gasteiger partial charge is 0.459 e. The zero-order chi connectivity index (χ0) is 14.6. The fourth-order valence-corrected chi connectivity index (χ4v) is 2.35. The van der Waals surface area contributed by atoms with E-state index in [4.69, 9.17) is 4.42 Å². The first kappa shape index (κ1) is 14.3. The lowest BCUT2D eigenvalue weighted by Crippen LogP contribution is -2.25. The van der Waals surface area contributed by atoms with E-state index in [1.807, 2.05) is 0 Å². The molecule has 0 radical (unpaired) electrons. The normalized spacial score (nSPS) is 11.2. The summed E-state index contributed by atoms with van der Waals surface area (Å²) < 4.78 is 27.6. The lowest BCUT2D eigenvalue weighted by Gasteiger charge is -2.04. The molecular formula is C14H15NO4S.